The molecule has 0 saturated heterocycles. The molecular weight excluding hydrogens is 266 g/mol. The molecule has 0 aliphatic rings. The summed E-state index contributed by atoms with van der Waals surface area (Å²) in [5.41, 5.74) is -0.0586. The summed E-state index contributed by atoms with van der Waals surface area (Å²) < 4.78 is 15.0. The highest BCUT2D eigenvalue weighted by Crippen LogP contribution is 2.29. The Morgan fingerprint density at radius 3 is 2.80 bits per heavy atom. The van der Waals surface area contributed by atoms with Gasteiger partial charge in [0, 0.05) is 12.1 Å². The van der Waals surface area contributed by atoms with Crippen LogP contribution in [-0.4, -0.2) is 18.0 Å². The number of furan rings is 1. The fourth-order valence-corrected chi connectivity index (χ4v) is 1.57. The molecule has 0 atom stereocenters. The molecule has 0 aliphatic carbocycles. The summed E-state index contributed by atoms with van der Waals surface area (Å²) in [4.78, 5) is 21.7. The van der Waals surface area contributed by atoms with Gasteiger partial charge < -0.3 is 13.9 Å². The molecule has 104 valence electrons. The maximum absolute atomic E-state index is 11.4. The van der Waals surface area contributed by atoms with Crippen molar-refractivity contribution < 1.29 is 23.6 Å². The zero-order valence-corrected chi connectivity index (χ0v) is 10.6. The quantitative estimate of drug-likeness (QED) is 0.473. The summed E-state index contributed by atoms with van der Waals surface area (Å²) in [6.45, 7) is 0.0263. The van der Waals surface area contributed by atoms with Crippen LogP contribution in [-0.2, 0) is 11.3 Å². The lowest BCUT2D eigenvalue weighted by atomic mass is 10.2. The van der Waals surface area contributed by atoms with Gasteiger partial charge in [-0.2, -0.15) is 0 Å². The van der Waals surface area contributed by atoms with E-state index in [1.165, 1.54) is 31.6 Å². The molecule has 2 rings (SSSR count). The molecule has 7 nitrogen and oxygen atoms in total. The highest BCUT2D eigenvalue weighted by atomic mass is 16.6. The van der Waals surface area contributed by atoms with E-state index >= 15 is 0 Å². The largest absolute Gasteiger partial charge is 0.479 e. The van der Waals surface area contributed by atoms with Gasteiger partial charge in [-0.1, -0.05) is 0 Å². The van der Waals surface area contributed by atoms with Crippen LogP contribution in [0, 0.1) is 10.1 Å². The number of benzene rings is 1. The molecule has 1 aromatic carbocycles. The summed E-state index contributed by atoms with van der Waals surface area (Å²) in [6.07, 6.45) is 1.47. The van der Waals surface area contributed by atoms with Crippen LogP contribution in [0.2, 0.25) is 0 Å². The number of carbonyl (C=O) groups excluding carboxylic acids is 1. The monoisotopic (exact) mass is 277 g/mol. The van der Waals surface area contributed by atoms with Crippen molar-refractivity contribution in [1.82, 2.24) is 0 Å². The number of nitro benzene ring substituents is 1. The van der Waals surface area contributed by atoms with E-state index in [4.69, 9.17) is 9.15 Å². The molecule has 2 aromatic rings. The number of nitro groups is 1. The molecule has 0 radical (unpaired) electrons. The SMILES string of the molecule is COC(=O)c1ccc([N+](=O)[O-])c(OCc2ccco2)c1. The number of hydrogen-bond acceptors (Lipinski definition) is 6. The van der Waals surface area contributed by atoms with Crippen molar-refractivity contribution in [2.75, 3.05) is 7.11 Å². The van der Waals surface area contributed by atoms with Gasteiger partial charge in [0.1, 0.15) is 12.4 Å². The van der Waals surface area contributed by atoms with Gasteiger partial charge in [0.05, 0.1) is 23.9 Å². The summed E-state index contributed by atoms with van der Waals surface area (Å²) in [6, 6.07) is 7.13. The van der Waals surface area contributed by atoms with Gasteiger partial charge in [0.25, 0.3) is 0 Å². The molecule has 0 N–H and O–H groups in total. The lowest BCUT2D eigenvalue weighted by molar-refractivity contribution is -0.386. The molecule has 1 heterocycles. The fourth-order valence-electron chi connectivity index (χ4n) is 1.57. The van der Waals surface area contributed by atoms with E-state index < -0.39 is 10.9 Å². The van der Waals surface area contributed by atoms with Crippen molar-refractivity contribution in [3.05, 3.63) is 58.0 Å². The van der Waals surface area contributed by atoms with Crippen LogP contribution in [0.3, 0.4) is 0 Å². The van der Waals surface area contributed by atoms with E-state index in [1.54, 1.807) is 12.1 Å². The number of ether oxygens (including phenoxy) is 2. The topological polar surface area (TPSA) is 91.8 Å². The van der Waals surface area contributed by atoms with Crippen molar-refractivity contribution in [2.24, 2.45) is 0 Å². The first-order chi connectivity index (χ1) is 9.61. The second-order valence-electron chi connectivity index (χ2n) is 3.80. The van der Waals surface area contributed by atoms with Crippen LogP contribution in [0.1, 0.15) is 16.1 Å². The predicted octanol–water partition coefficient (Wildman–Crippen LogP) is 2.55. The van der Waals surface area contributed by atoms with Gasteiger partial charge in [0.2, 0.25) is 0 Å². The molecule has 1 aromatic heterocycles. The average Bonchev–Trinajstić information content (AvgIpc) is 2.97. The van der Waals surface area contributed by atoms with Gasteiger partial charge in [-0.05, 0) is 18.2 Å². The zero-order valence-electron chi connectivity index (χ0n) is 10.6. The summed E-state index contributed by atoms with van der Waals surface area (Å²) in [5, 5.41) is 10.9. The number of rotatable bonds is 5. The van der Waals surface area contributed by atoms with Gasteiger partial charge >= 0.3 is 11.7 Å². The first-order valence-electron chi connectivity index (χ1n) is 5.63. The Bertz CT molecular complexity index is 620. The van der Waals surface area contributed by atoms with Crippen LogP contribution in [0.15, 0.2) is 41.0 Å². The molecule has 7 heteroatoms. The third kappa shape index (κ3) is 2.94. The minimum absolute atomic E-state index is 0.0192. The molecule has 0 amide bonds. The van der Waals surface area contributed by atoms with Crippen LogP contribution in [0.4, 0.5) is 5.69 Å². The number of hydrogen-bond donors (Lipinski definition) is 0. The van der Waals surface area contributed by atoms with Crippen molar-refractivity contribution in [1.29, 1.82) is 0 Å². The minimum Gasteiger partial charge on any atom is -0.479 e. The molecule has 0 bridgehead atoms. The summed E-state index contributed by atoms with van der Waals surface area (Å²) in [7, 11) is 1.23. The van der Waals surface area contributed by atoms with E-state index in [0.717, 1.165) is 0 Å². The van der Waals surface area contributed by atoms with Crippen molar-refractivity contribution >= 4 is 11.7 Å². The third-order valence-corrected chi connectivity index (χ3v) is 2.53. The first-order valence-corrected chi connectivity index (χ1v) is 5.63. The van der Waals surface area contributed by atoms with Gasteiger partial charge in [0.15, 0.2) is 5.75 Å². The second kappa shape index (κ2) is 5.87. The predicted molar refractivity (Wildman–Crippen MR) is 67.5 cm³/mol. The van der Waals surface area contributed by atoms with Crippen molar-refractivity contribution in [3.63, 3.8) is 0 Å². The van der Waals surface area contributed by atoms with E-state index in [-0.39, 0.29) is 23.6 Å². The Balaban J connectivity index is 2.26. The van der Waals surface area contributed by atoms with Crippen molar-refractivity contribution in [3.8, 4) is 5.75 Å². The second-order valence-corrected chi connectivity index (χ2v) is 3.80. The van der Waals surface area contributed by atoms with Crippen LogP contribution in [0.5, 0.6) is 5.75 Å². The maximum atomic E-state index is 11.4. The number of esters is 1. The fraction of sp³-hybridized carbons (Fsp3) is 0.154. The minimum atomic E-state index is -0.595. The molecule has 0 spiro atoms. The average molecular weight is 277 g/mol. The Hall–Kier alpha value is -2.83. The standard InChI is InChI=1S/C13H11NO6/c1-18-13(15)9-4-5-11(14(16)17)12(7-9)20-8-10-3-2-6-19-10/h2-7H,8H2,1H3. The smallest absolute Gasteiger partial charge is 0.337 e. The van der Waals surface area contributed by atoms with Crippen molar-refractivity contribution in [2.45, 2.75) is 6.61 Å². The molecule has 0 unspecified atom stereocenters. The highest BCUT2D eigenvalue weighted by Gasteiger charge is 2.18. The van der Waals surface area contributed by atoms with E-state index in [9.17, 15) is 14.9 Å². The zero-order chi connectivity index (χ0) is 14.5. The van der Waals surface area contributed by atoms with E-state index in [2.05, 4.69) is 4.74 Å². The van der Waals surface area contributed by atoms with Crippen LogP contribution in [0.25, 0.3) is 0 Å². The van der Waals surface area contributed by atoms with E-state index in [1.807, 2.05) is 0 Å². The number of carbonyl (C=O) groups is 1. The third-order valence-electron chi connectivity index (χ3n) is 2.53. The Morgan fingerprint density at radius 2 is 2.20 bits per heavy atom. The maximum Gasteiger partial charge on any atom is 0.337 e. The van der Waals surface area contributed by atoms with E-state index in [0.29, 0.717) is 5.76 Å². The number of methoxy groups -OCH3 is 1. The molecule has 20 heavy (non-hydrogen) atoms. The lowest BCUT2D eigenvalue weighted by Crippen LogP contribution is -2.04. The van der Waals surface area contributed by atoms with Gasteiger partial charge in [-0.15, -0.1) is 0 Å². The van der Waals surface area contributed by atoms with Crippen LogP contribution >= 0.6 is 0 Å². The number of nitrogens with zero attached hydrogens (tertiary/aromatic N) is 1. The lowest BCUT2D eigenvalue weighted by Gasteiger charge is -2.07. The molecular formula is C13H11NO6. The molecule has 0 fully saturated rings. The molecule has 0 saturated carbocycles. The Kier molecular flexibility index (Phi) is 3.99. The Morgan fingerprint density at radius 1 is 1.40 bits per heavy atom. The van der Waals surface area contributed by atoms with Crippen LogP contribution < -0.4 is 4.74 Å². The van der Waals surface area contributed by atoms with Gasteiger partial charge in [-0.25, -0.2) is 4.79 Å². The summed E-state index contributed by atoms with van der Waals surface area (Å²) >= 11 is 0. The summed E-state index contributed by atoms with van der Waals surface area (Å²) in [5.74, 6) is -0.0974. The normalized spacial score (nSPS) is 10.1. The first kappa shape index (κ1) is 13.6. The Labute approximate surface area is 113 Å². The molecule has 0 aliphatic heterocycles. The highest BCUT2D eigenvalue weighted by molar-refractivity contribution is 5.90. The van der Waals surface area contributed by atoms with Gasteiger partial charge in [-0.3, -0.25) is 10.1 Å².